The average molecular weight is 729 g/mol. The molecule has 4 rings (SSSR count). The number of fused-ring (bicyclic) bond motifs is 2. The van der Waals surface area contributed by atoms with Gasteiger partial charge in [-0.2, -0.15) is 0 Å². The maximum Gasteiger partial charge on any atom is 0.257 e. The van der Waals surface area contributed by atoms with E-state index in [9.17, 15) is 24.0 Å². The Bertz CT molecular complexity index is 1450. The Morgan fingerprint density at radius 2 is 1.65 bits per heavy atom. The summed E-state index contributed by atoms with van der Waals surface area (Å²) >= 11 is 0. The van der Waals surface area contributed by atoms with Gasteiger partial charge in [0.25, 0.3) is 5.91 Å². The molecule has 1 fully saturated rings. The van der Waals surface area contributed by atoms with Crippen molar-refractivity contribution < 1.29 is 33.4 Å². The monoisotopic (exact) mass is 728 g/mol. The number of carbonyl (C=O) groups is 5. The molecule has 0 radical (unpaired) electrons. The van der Waals surface area contributed by atoms with E-state index in [1.165, 1.54) is 7.11 Å². The second kappa shape index (κ2) is 21.1. The smallest absolute Gasteiger partial charge is 0.257 e. The third kappa shape index (κ3) is 13.0. The number of carbonyl (C=O) groups excluding carboxylic acids is 5. The number of nitrogens with one attached hydrogen (secondary N) is 6. The number of hydrogen-bond donors (Lipinski definition) is 6. The Morgan fingerprint density at radius 1 is 0.902 bits per heavy atom. The van der Waals surface area contributed by atoms with Crippen LogP contribution in [-0.4, -0.2) is 87.6 Å². The van der Waals surface area contributed by atoms with Gasteiger partial charge >= 0.3 is 0 Å². The lowest BCUT2D eigenvalue weighted by molar-refractivity contribution is -0.135. The molecule has 2 aromatic carbocycles. The molecule has 14 heteroatoms. The molecule has 0 saturated carbocycles. The van der Waals surface area contributed by atoms with E-state index in [0.717, 1.165) is 24.1 Å². The third-order valence-electron chi connectivity index (χ3n) is 8.98. The van der Waals surface area contributed by atoms with E-state index in [1.807, 2.05) is 56.3 Å². The number of piperidine rings is 1. The second-order valence-electron chi connectivity index (χ2n) is 13.2. The van der Waals surface area contributed by atoms with Crippen LogP contribution in [0, 0.1) is 11.8 Å². The molecule has 0 aliphatic carbocycles. The summed E-state index contributed by atoms with van der Waals surface area (Å²) in [5.41, 5.74) is 1.77. The number of amides is 5. The van der Waals surface area contributed by atoms with Crippen LogP contribution in [0.15, 0.2) is 48.5 Å². The topological polar surface area (TPSA) is 176 Å². The lowest BCUT2D eigenvalue weighted by atomic mass is 9.97. The van der Waals surface area contributed by atoms with E-state index >= 15 is 0 Å². The molecule has 2 bridgehead atoms. The standard InChI is InChI=1S/C37H52N6O7.ClH/c1-24(2)33-37(48)40-19-7-12-26-15-16-30(49-3)31(21-26)50-23-32(44)39-18-9-14-28(41-34(45)27-13-8-17-38-22-27)35(46)42-29(36(47)43-33)20-25-10-5-4-6-11-25;/h4-6,10-11,15-16,21,24,27-29,33,38H,7-9,12-14,17-20,22-23H2,1-3H3,(H,39,44)(H,40,48)(H,41,45)(H,42,46)(H,43,47);1H/t27-,28-,29-,33+;/m0./s1. The SMILES string of the molecule is COc1ccc2cc1OCC(=O)NCCC[C@H](NC(=O)[C@H]1CCCNC1)C(=O)N[C@@H](Cc1ccccc1)C(=O)N[C@H](C(C)C)C(=O)NCCC2.Cl. The van der Waals surface area contributed by atoms with Gasteiger partial charge in [0.2, 0.25) is 23.6 Å². The van der Waals surface area contributed by atoms with Crippen LogP contribution in [0.4, 0.5) is 0 Å². The van der Waals surface area contributed by atoms with Crippen molar-refractivity contribution in [2.24, 2.45) is 11.8 Å². The Morgan fingerprint density at radius 3 is 2.35 bits per heavy atom. The molecular weight excluding hydrogens is 676 g/mol. The molecule has 0 unspecified atom stereocenters. The van der Waals surface area contributed by atoms with E-state index in [4.69, 9.17) is 9.47 Å². The highest BCUT2D eigenvalue weighted by molar-refractivity contribution is 5.94. The summed E-state index contributed by atoms with van der Waals surface area (Å²) in [6.45, 7) is 5.42. The number of ether oxygens (including phenoxy) is 2. The maximum atomic E-state index is 13.9. The summed E-state index contributed by atoms with van der Waals surface area (Å²) in [7, 11) is 1.52. The predicted octanol–water partition coefficient (Wildman–Crippen LogP) is 1.81. The Labute approximate surface area is 306 Å². The van der Waals surface area contributed by atoms with Crippen molar-refractivity contribution in [3.05, 3.63) is 59.7 Å². The number of halogens is 1. The predicted molar refractivity (Wildman–Crippen MR) is 196 cm³/mol. The summed E-state index contributed by atoms with van der Waals surface area (Å²) in [6, 6.07) is 12.0. The van der Waals surface area contributed by atoms with Gasteiger partial charge in [-0.05, 0) is 74.2 Å². The van der Waals surface area contributed by atoms with Crippen molar-refractivity contribution in [2.45, 2.75) is 76.9 Å². The zero-order valence-corrected chi connectivity index (χ0v) is 30.6. The summed E-state index contributed by atoms with van der Waals surface area (Å²) in [5.74, 6) is -1.54. The van der Waals surface area contributed by atoms with E-state index in [0.29, 0.717) is 50.3 Å². The number of hydrogen-bond acceptors (Lipinski definition) is 8. The van der Waals surface area contributed by atoms with Gasteiger partial charge in [0.15, 0.2) is 18.1 Å². The minimum absolute atomic E-state index is 0. The maximum absolute atomic E-state index is 13.9. The first-order valence-corrected chi connectivity index (χ1v) is 17.6. The van der Waals surface area contributed by atoms with Gasteiger partial charge in [-0.3, -0.25) is 24.0 Å². The minimum Gasteiger partial charge on any atom is -0.493 e. The fourth-order valence-corrected chi connectivity index (χ4v) is 6.09. The van der Waals surface area contributed by atoms with Gasteiger partial charge in [-0.15, -0.1) is 12.4 Å². The van der Waals surface area contributed by atoms with Crippen molar-refractivity contribution in [2.75, 3.05) is 39.9 Å². The molecule has 0 aromatic heterocycles. The third-order valence-corrected chi connectivity index (χ3v) is 8.98. The van der Waals surface area contributed by atoms with Crippen molar-refractivity contribution in [1.29, 1.82) is 0 Å². The molecule has 2 aromatic rings. The van der Waals surface area contributed by atoms with E-state index in [2.05, 4.69) is 31.9 Å². The molecule has 51 heavy (non-hydrogen) atoms. The van der Waals surface area contributed by atoms with Crippen LogP contribution < -0.4 is 41.4 Å². The Balaban J connectivity index is 0.00000702. The van der Waals surface area contributed by atoms with Gasteiger partial charge in [-0.25, -0.2) is 0 Å². The van der Waals surface area contributed by atoms with Gasteiger partial charge in [-0.1, -0.05) is 50.2 Å². The molecule has 2 aliphatic rings. The molecule has 5 amide bonds. The van der Waals surface area contributed by atoms with Crippen LogP contribution in [-0.2, 0) is 36.8 Å². The average Bonchev–Trinajstić information content (AvgIpc) is 3.12. The zero-order chi connectivity index (χ0) is 35.9. The van der Waals surface area contributed by atoms with Crippen molar-refractivity contribution >= 4 is 41.9 Å². The summed E-state index contributed by atoms with van der Waals surface area (Å²) in [5, 5.41) is 17.7. The first-order valence-electron chi connectivity index (χ1n) is 17.6. The fraction of sp³-hybridized carbons (Fsp3) is 0.541. The molecule has 0 spiro atoms. The number of aryl methyl sites for hydroxylation is 1. The first-order chi connectivity index (χ1) is 24.1. The highest BCUT2D eigenvalue weighted by atomic mass is 35.5. The van der Waals surface area contributed by atoms with Crippen molar-refractivity contribution in [1.82, 2.24) is 31.9 Å². The minimum atomic E-state index is -1.02. The zero-order valence-electron chi connectivity index (χ0n) is 29.8. The van der Waals surface area contributed by atoms with Crippen LogP contribution in [0.2, 0.25) is 0 Å². The van der Waals surface area contributed by atoms with Gasteiger partial charge in [0, 0.05) is 26.1 Å². The van der Waals surface area contributed by atoms with Gasteiger partial charge in [0.1, 0.15) is 18.1 Å². The Hall–Kier alpha value is -4.36. The number of rotatable bonds is 6. The summed E-state index contributed by atoms with van der Waals surface area (Å²) in [4.78, 5) is 67.1. The number of benzene rings is 2. The molecule has 4 atom stereocenters. The van der Waals surface area contributed by atoms with E-state index in [-0.39, 0.29) is 68.0 Å². The van der Waals surface area contributed by atoms with Crippen LogP contribution >= 0.6 is 12.4 Å². The largest absolute Gasteiger partial charge is 0.493 e. The molecule has 13 nitrogen and oxygen atoms in total. The quantitative estimate of drug-likeness (QED) is 0.261. The molecule has 2 heterocycles. The van der Waals surface area contributed by atoms with E-state index in [1.54, 1.807) is 6.07 Å². The summed E-state index contributed by atoms with van der Waals surface area (Å²) in [6.07, 6.45) is 3.57. The van der Waals surface area contributed by atoms with Crippen LogP contribution in [0.1, 0.15) is 57.1 Å². The van der Waals surface area contributed by atoms with Gasteiger partial charge in [0.05, 0.1) is 13.0 Å². The fourth-order valence-electron chi connectivity index (χ4n) is 6.09. The lowest BCUT2D eigenvalue weighted by Gasteiger charge is -2.28. The normalized spacial score (nSPS) is 23.0. The summed E-state index contributed by atoms with van der Waals surface area (Å²) < 4.78 is 11.2. The molecule has 2 aliphatic heterocycles. The van der Waals surface area contributed by atoms with Crippen LogP contribution in [0.25, 0.3) is 0 Å². The van der Waals surface area contributed by atoms with E-state index < -0.39 is 29.9 Å². The highest BCUT2D eigenvalue weighted by Crippen LogP contribution is 2.28. The molecule has 1 saturated heterocycles. The van der Waals surface area contributed by atoms with Gasteiger partial charge < -0.3 is 41.4 Å². The lowest BCUT2D eigenvalue weighted by Crippen LogP contribution is -2.58. The molecule has 6 N–H and O–H groups in total. The van der Waals surface area contributed by atoms with Crippen molar-refractivity contribution in [3.8, 4) is 11.5 Å². The highest BCUT2D eigenvalue weighted by Gasteiger charge is 2.32. The molecular formula is C37H53ClN6O7. The van der Waals surface area contributed by atoms with Crippen LogP contribution in [0.5, 0.6) is 11.5 Å². The molecule has 280 valence electrons. The Kier molecular flexibility index (Phi) is 17.0. The first kappa shape index (κ1) is 41.1. The number of methoxy groups -OCH3 is 1. The van der Waals surface area contributed by atoms with Crippen LogP contribution in [0.3, 0.4) is 0 Å². The van der Waals surface area contributed by atoms with Crippen molar-refractivity contribution in [3.63, 3.8) is 0 Å². The second-order valence-corrected chi connectivity index (χ2v) is 13.2.